The molecular formula is C26H29N3. The van der Waals surface area contributed by atoms with E-state index in [4.69, 9.17) is 15.0 Å². The maximum absolute atomic E-state index is 4.90. The Balaban J connectivity index is 1.98. The van der Waals surface area contributed by atoms with Gasteiger partial charge in [0.25, 0.3) is 0 Å². The van der Waals surface area contributed by atoms with Crippen molar-refractivity contribution in [1.29, 1.82) is 0 Å². The minimum absolute atomic E-state index is 0.872. The van der Waals surface area contributed by atoms with Gasteiger partial charge >= 0.3 is 0 Å². The normalized spacial score (nSPS) is 12.4. The van der Waals surface area contributed by atoms with Gasteiger partial charge in [-0.25, -0.2) is 4.98 Å². The second kappa shape index (κ2) is 8.52. The van der Waals surface area contributed by atoms with E-state index in [0.717, 1.165) is 34.2 Å². The van der Waals surface area contributed by atoms with Gasteiger partial charge in [0.1, 0.15) is 0 Å². The Kier molecular flexibility index (Phi) is 6.07. The van der Waals surface area contributed by atoms with Crippen LogP contribution in [0.3, 0.4) is 0 Å². The highest BCUT2D eigenvalue weighted by atomic mass is 14.8. The maximum atomic E-state index is 4.90. The number of aliphatic imine (C=N–C) groups is 2. The molecule has 29 heavy (non-hydrogen) atoms. The largest absolute Gasteiger partial charge is 0.251 e. The number of nitrogens with zero attached hydrogens (tertiary/aromatic N) is 3. The van der Waals surface area contributed by atoms with Crippen LogP contribution in [0.2, 0.25) is 0 Å². The lowest BCUT2D eigenvalue weighted by Gasteiger charge is -2.10. The van der Waals surface area contributed by atoms with E-state index >= 15 is 0 Å². The van der Waals surface area contributed by atoms with Crippen molar-refractivity contribution in [2.45, 2.75) is 48.5 Å². The molecule has 0 fully saturated rings. The Morgan fingerprint density at radius 1 is 0.621 bits per heavy atom. The summed E-state index contributed by atoms with van der Waals surface area (Å²) in [5, 5.41) is 0. The number of aryl methyl sites for hydroxylation is 5. The molecule has 3 nitrogen and oxygen atoms in total. The van der Waals surface area contributed by atoms with E-state index in [0.29, 0.717) is 0 Å². The van der Waals surface area contributed by atoms with Crippen molar-refractivity contribution in [3.63, 3.8) is 0 Å². The van der Waals surface area contributed by atoms with Gasteiger partial charge in [-0.2, -0.15) is 0 Å². The molecule has 0 saturated carbocycles. The monoisotopic (exact) mass is 383 g/mol. The minimum Gasteiger partial charge on any atom is -0.251 e. The first-order valence-corrected chi connectivity index (χ1v) is 9.98. The molecule has 0 N–H and O–H groups in total. The van der Waals surface area contributed by atoms with Crippen molar-refractivity contribution >= 4 is 22.8 Å². The fourth-order valence-electron chi connectivity index (χ4n) is 3.62. The summed E-state index contributed by atoms with van der Waals surface area (Å²) in [6.45, 7) is 14.5. The zero-order valence-electron chi connectivity index (χ0n) is 18.5. The molecule has 1 heterocycles. The summed E-state index contributed by atoms with van der Waals surface area (Å²) >= 11 is 0. The minimum atomic E-state index is 0.872. The van der Waals surface area contributed by atoms with Crippen molar-refractivity contribution in [2.75, 3.05) is 0 Å². The molecule has 0 aliphatic rings. The summed E-state index contributed by atoms with van der Waals surface area (Å²) in [7, 11) is 0. The van der Waals surface area contributed by atoms with Crippen molar-refractivity contribution in [1.82, 2.24) is 4.98 Å². The van der Waals surface area contributed by atoms with Crippen LogP contribution in [0, 0.1) is 34.6 Å². The van der Waals surface area contributed by atoms with Crippen molar-refractivity contribution < 1.29 is 0 Å². The molecule has 0 amide bonds. The SMILES string of the molecule is CC(=Nc1c(C)cccc1C)c1cccc(C(C)=Nc2c(C)cc(C)cc2C)n1. The Bertz CT molecular complexity index is 1080. The number of benzene rings is 2. The Hall–Kier alpha value is -3.07. The summed E-state index contributed by atoms with van der Waals surface area (Å²) in [5.74, 6) is 0. The molecule has 2 aromatic carbocycles. The first-order chi connectivity index (χ1) is 13.8. The van der Waals surface area contributed by atoms with Crippen LogP contribution in [-0.2, 0) is 0 Å². The lowest BCUT2D eigenvalue weighted by molar-refractivity contribution is 1.22. The zero-order valence-corrected chi connectivity index (χ0v) is 18.5. The van der Waals surface area contributed by atoms with E-state index in [1.807, 2.05) is 32.0 Å². The standard InChI is InChI=1S/C26H29N3/c1-16-14-19(4)26(20(5)15-16)28-22(7)24-13-9-12-23(29-24)21(6)27-25-17(2)10-8-11-18(25)3/h8-15H,1-7H3. The number of rotatable bonds is 4. The van der Waals surface area contributed by atoms with Gasteiger partial charge in [0.15, 0.2) is 0 Å². The quantitative estimate of drug-likeness (QED) is 0.451. The molecule has 0 spiro atoms. The van der Waals surface area contributed by atoms with Gasteiger partial charge in [0, 0.05) is 0 Å². The van der Waals surface area contributed by atoms with Crippen LogP contribution in [0.4, 0.5) is 11.4 Å². The third-order valence-corrected chi connectivity index (χ3v) is 5.12. The van der Waals surface area contributed by atoms with Gasteiger partial charge in [-0.3, -0.25) is 9.98 Å². The summed E-state index contributed by atoms with van der Waals surface area (Å²) in [6, 6.07) is 16.6. The highest BCUT2D eigenvalue weighted by Gasteiger charge is 2.08. The molecule has 0 bridgehead atoms. The van der Waals surface area contributed by atoms with Crippen LogP contribution in [0.1, 0.15) is 53.1 Å². The fourth-order valence-corrected chi connectivity index (χ4v) is 3.62. The molecule has 0 aliphatic heterocycles. The van der Waals surface area contributed by atoms with Crippen molar-refractivity contribution in [2.24, 2.45) is 9.98 Å². The molecule has 3 heteroatoms. The van der Waals surface area contributed by atoms with E-state index in [1.54, 1.807) is 0 Å². The second-order valence-corrected chi connectivity index (χ2v) is 7.79. The van der Waals surface area contributed by atoms with Crippen LogP contribution < -0.4 is 0 Å². The summed E-state index contributed by atoms with van der Waals surface area (Å²) in [5.41, 5.74) is 11.6. The number of hydrogen-bond donors (Lipinski definition) is 0. The fraction of sp³-hybridized carbons (Fsp3) is 0.269. The second-order valence-electron chi connectivity index (χ2n) is 7.79. The summed E-state index contributed by atoms with van der Waals surface area (Å²) < 4.78 is 0. The smallest absolute Gasteiger partial charge is 0.0849 e. The third-order valence-electron chi connectivity index (χ3n) is 5.12. The zero-order chi connectivity index (χ0) is 21.1. The molecule has 148 valence electrons. The van der Waals surface area contributed by atoms with Crippen LogP contribution in [0.15, 0.2) is 58.5 Å². The Morgan fingerprint density at radius 3 is 1.52 bits per heavy atom. The number of hydrogen-bond acceptors (Lipinski definition) is 3. The lowest BCUT2D eigenvalue weighted by atomic mass is 10.1. The molecule has 3 rings (SSSR count). The predicted molar refractivity (Wildman–Crippen MR) is 125 cm³/mol. The van der Waals surface area contributed by atoms with Gasteiger partial charge in [0.2, 0.25) is 0 Å². The van der Waals surface area contributed by atoms with Crippen molar-refractivity contribution in [3.05, 3.63) is 87.7 Å². The van der Waals surface area contributed by atoms with Gasteiger partial charge in [-0.1, -0.05) is 42.0 Å². The van der Waals surface area contributed by atoms with Gasteiger partial charge in [-0.05, 0) is 82.9 Å². The molecule has 0 aliphatic carbocycles. The van der Waals surface area contributed by atoms with E-state index in [9.17, 15) is 0 Å². The molecule has 0 radical (unpaired) electrons. The topological polar surface area (TPSA) is 37.6 Å². The molecule has 1 aromatic heterocycles. The molecule has 0 saturated heterocycles. The van der Waals surface area contributed by atoms with Crippen LogP contribution in [0.5, 0.6) is 0 Å². The summed E-state index contributed by atoms with van der Waals surface area (Å²) in [4.78, 5) is 14.6. The first kappa shape index (κ1) is 20.7. The lowest BCUT2D eigenvalue weighted by Crippen LogP contribution is -2.05. The predicted octanol–water partition coefficient (Wildman–Crippen LogP) is 6.91. The van der Waals surface area contributed by atoms with Crippen LogP contribution in [-0.4, -0.2) is 16.4 Å². The highest BCUT2D eigenvalue weighted by Crippen LogP contribution is 2.26. The highest BCUT2D eigenvalue weighted by molar-refractivity contribution is 6.02. The van der Waals surface area contributed by atoms with E-state index < -0.39 is 0 Å². The Morgan fingerprint density at radius 2 is 1.03 bits per heavy atom. The van der Waals surface area contributed by atoms with Gasteiger partial charge in [-0.15, -0.1) is 0 Å². The van der Waals surface area contributed by atoms with E-state index in [-0.39, 0.29) is 0 Å². The van der Waals surface area contributed by atoms with Crippen molar-refractivity contribution in [3.8, 4) is 0 Å². The van der Waals surface area contributed by atoms with Gasteiger partial charge in [0.05, 0.1) is 34.2 Å². The maximum Gasteiger partial charge on any atom is 0.0849 e. The van der Waals surface area contributed by atoms with Gasteiger partial charge < -0.3 is 0 Å². The molecule has 0 atom stereocenters. The van der Waals surface area contributed by atoms with E-state index in [2.05, 4.69) is 65.0 Å². The average molecular weight is 384 g/mol. The Labute approximate surface area is 174 Å². The number of pyridine rings is 1. The molecule has 0 unspecified atom stereocenters. The first-order valence-electron chi connectivity index (χ1n) is 9.98. The summed E-state index contributed by atoms with van der Waals surface area (Å²) in [6.07, 6.45) is 0. The van der Waals surface area contributed by atoms with Crippen LogP contribution in [0.25, 0.3) is 0 Å². The average Bonchev–Trinajstić information content (AvgIpc) is 2.67. The number of aromatic nitrogens is 1. The number of para-hydroxylation sites is 1. The third kappa shape index (κ3) is 4.68. The molecular weight excluding hydrogens is 354 g/mol. The molecule has 3 aromatic rings. The van der Waals surface area contributed by atoms with E-state index in [1.165, 1.54) is 27.8 Å². The van der Waals surface area contributed by atoms with Crippen LogP contribution >= 0.6 is 0 Å².